The summed E-state index contributed by atoms with van der Waals surface area (Å²) >= 11 is 0. The molecule has 1 amide bonds. The Morgan fingerprint density at radius 3 is 2.37 bits per heavy atom. The van der Waals surface area contributed by atoms with Gasteiger partial charge in [-0.05, 0) is 5.56 Å². The Hall–Kier alpha value is -1.88. The molecule has 1 aromatic carbocycles. The minimum absolute atomic E-state index is 0.154. The standard InChI is InChI=1S/C14H19NO4/c1-10(14(17)18)9-15(2)13(16)12(19-3)11-7-5-4-6-8-11/h4-8,10,12H,9H2,1-3H3,(H,17,18)/t10?,12-/m1/s1. The van der Waals surface area contributed by atoms with E-state index in [1.54, 1.807) is 26.1 Å². The first-order valence-electron chi connectivity index (χ1n) is 6.03. The lowest BCUT2D eigenvalue weighted by Crippen LogP contribution is -2.37. The normalized spacial score (nSPS) is 13.6. The number of carboxylic acids is 1. The van der Waals surface area contributed by atoms with E-state index < -0.39 is 18.0 Å². The lowest BCUT2D eigenvalue weighted by atomic mass is 10.1. The average molecular weight is 265 g/mol. The van der Waals surface area contributed by atoms with E-state index in [9.17, 15) is 9.59 Å². The van der Waals surface area contributed by atoms with E-state index in [1.807, 2.05) is 18.2 Å². The minimum Gasteiger partial charge on any atom is -0.481 e. The van der Waals surface area contributed by atoms with Gasteiger partial charge in [-0.2, -0.15) is 0 Å². The molecule has 0 saturated heterocycles. The van der Waals surface area contributed by atoms with Crippen LogP contribution in [0.4, 0.5) is 0 Å². The Bertz CT molecular complexity index is 432. The summed E-state index contributed by atoms with van der Waals surface area (Å²) in [5, 5.41) is 8.86. The zero-order valence-corrected chi connectivity index (χ0v) is 11.4. The summed E-state index contributed by atoms with van der Waals surface area (Å²) in [6.45, 7) is 1.72. The molecule has 0 bridgehead atoms. The zero-order chi connectivity index (χ0) is 14.4. The molecule has 5 heteroatoms. The first-order chi connectivity index (χ1) is 8.97. The van der Waals surface area contributed by atoms with E-state index in [0.29, 0.717) is 0 Å². The maximum absolute atomic E-state index is 12.2. The van der Waals surface area contributed by atoms with E-state index in [-0.39, 0.29) is 12.5 Å². The smallest absolute Gasteiger partial charge is 0.308 e. The quantitative estimate of drug-likeness (QED) is 0.847. The molecule has 1 aromatic rings. The van der Waals surface area contributed by atoms with Crippen molar-refractivity contribution in [2.75, 3.05) is 20.7 Å². The number of benzene rings is 1. The first kappa shape index (κ1) is 15.2. The van der Waals surface area contributed by atoms with Crippen LogP contribution in [0, 0.1) is 5.92 Å². The van der Waals surface area contributed by atoms with Crippen LogP contribution in [0.2, 0.25) is 0 Å². The molecule has 0 aliphatic carbocycles. The van der Waals surface area contributed by atoms with Crippen LogP contribution in [0.1, 0.15) is 18.6 Å². The Morgan fingerprint density at radius 2 is 1.89 bits per heavy atom. The van der Waals surface area contributed by atoms with Gasteiger partial charge in [0.1, 0.15) is 0 Å². The maximum atomic E-state index is 12.2. The topological polar surface area (TPSA) is 66.8 Å². The lowest BCUT2D eigenvalue weighted by molar-refractivity contribution is -0.145. The van der Waals surface area contributed by atoms with Gasteiger partial charge in [0.2, 0.25) is 0 Å². The number of aliphatic carboxylic acids is 1. The van der Waals surface area contributed by atoms with Gasteiger partial charge >= 0.3 is 5.97 Å². The number of methoxy groups -OCH3 is 1. The van der Waals surface area contributed by atoms with Gasteiger partial charge in [0, 0.05) is 20.7 Å². The van der Waals surface area contributed by atoms with Crippen molar-refractivity contribution in [2.24, 2.45) is 5.92 Å². The van der Waals surface area contributed by atoms with Gasteiger partial charge in [0.05, 0.1) is 5.92 Å². The third-order valence-corrected chi connectivity index (χ3v) is 2.91. The van der Waals surface area contributed by atoms with Crippen molar-refractivity contribution in [1.29, 1.82) is 0 Å². The molecule has 0 spiro atoms. The van der Waals surface area contributed by atoms with Gasteiger partial charge in [0.15, 0.2) is 6.10 Å². The summed E-state index contributed by atoms with van der Waals surface area (Å²) in [4.78, 5) is 24.4. The summed E-state index contributed by atoms with van der Waals surface area (Å²) in [6.07, 6.45) is -0.702. The number of rotatable bonds is 6. The molecule has 0 saturated carbocycles. The first-order valence-corrected chi connectivity index (χ1v) is 6.03. The summed E-state index contributed by atoms with van der Waals surface area (Å²) in [7, 11) is 3.04. The largest absolute Gasteiger partial charge is 0.481 e. The predicted molar refractivity (Wildman–Crippen MR) is 70.6 cm³/mol. The number of nitrogens with zero attached hydrogens (tertiary/aromatic N) is 1. The van der Waals surface area contributed by atoms with Crippen molar-refractivity contribution >= 4 is 11.9 Å². The molecule has 5 nitrogen and oxygen atoms in total. The van der Waals surface area contributed by atoms with Crippen molar-refractivity contribution in [3.8, 4) is 0 Å². The SMILES string of the molecule is CO[C@@H](C(=O)N(C)CC(C)C(=O)O)c1ccccc1. The second-order valence-corrected chi connectivity index (χ2v) is 4.48. The van der Waals surface area contributed by atoms with E-state index in [0.717, 1.165) is 5.56 Å². The summed E-state index contributed by atoms with van der Waals surface area (Å²) < 4.78 is 5.22. The van der Waals surface area contributed by atoms with Gasteiger partial charge in [-0.3, -0.25) is 9.59 Å². The number of carbonyl (C=O) groups is 2. The molecular formula is C14H19NO4. The number of ether oxygens (including phenoxy) is 1. The molecule has 1 N–H and O–H groups in total. The van der Waals surface area contributed by atoms with Crippen LogP contribution in [0.5, 0.6) is 0 Å². The van der Waals surface area contributed by atoms with Crippen molar-refractivity contribution < 1.29 is 19.4 Å². The zero-order valence-electron chi connectivity index (χ0n) is 11.4. The van der Waals surface area contributed by atoms with E-state index in [4.69, 9.17) is 9.84 Å². The molecule has 0 heterocycles. The van der Waals surface area contributed by atoms with Crippen LogP contribution in [0.15, 0.2) is 30.3 Å². The number of amides is 1. The van der Waals surface area contributed by atoms with Crippen molar-refractivity contribution in [2.45, 2.75) is 13.0 Å². The number of carboxylic acid groups (broad SMARTS) is 1. The van der Waals surface area contributed by atoms with E-state index >= 15 is 0 Å². The monoisotopic (exact) mass is 265 g/mol. The minimum atomic E-state index is -0.923. The highest BCUT2D eigenvalue weighted by Crippen LogP contribution is 2.19. The van der Waals surface area contributed by atoms with Crippen molar-refractivity contribution in [3.05, 3.63) is 35.9 Å². The number of hydrogen-bond donors (Lipinski definition) is 1. The molecule has 2 atom stereocenters. The van der Waals surface area contributed by atoms with Crippen LogP contribution in [-0.4, -0.2) is 42.6 Å². The van der Waals surface area contributed by atoms with Crippen LogP contribution >= 0.6 is 0 Å². The van der Waals surface area contributed by atoms with Gasteiger partial charge in [-0.1, -0.05) is 37.3 Å². The average Bonchev–Trinajstić information content (AvgIpc) is 2.40. The van der Waals surface area contributed by atoms with Crippen LogP contribution in [0.3, 0.4) is 0 Å². The molecule has 0 aliphatic rings. The number of hydrogen-bond acceptors (Lipinski definition) is 3. The third kappa shape index (κ3) is 4.06. The summed E-state index contributed by atoms with van der Waals surface area (Å²) in [6, 6.07) is 9.13. The highest BCUT2D eigenvalue weighted by atomic mass is 16.5. The molecule has 104 valence electrons. The molecule has 1 unspecified atom stereocenters. The lowest BCUT2D eigenvalue weighted by Gasteiger charge is -2.24. The van der Waals surface area contributed by atoms with Crippen LogP contribution in [0.25, 0.3) is 0 Å². The second kappa shape index (κ2) is 6.89. The van der Waals surface area contributed by atoms with Crippen LogP contribution in [-0.2, 0) is 14.3 Å². The van der Waals surface area contributed by atoms with Crippen molar-refractivity contribution in [1.82, 2.24) is 4.90 Å². The summed E-state index contributed by atoms with van der Waals surface area (Å²) in [5.74, 6) is -1.78. The van der Waals surface area contributed by atoms with Gasteiger partial charge in [0.25, 0.3) is 5.91 Å². The number of carbonyl (C=O) groups excluding carboxylic acids is 1. The molecular weight excluding hydrogens is 246 g/mol. The van der Waals surface area contributed by atoms with Gasteiger partial charge in [-0.25, -0.2) is 0 Å². The Kier molecular flexibility index (Phi) is 5.51. The molecule has 0 aromatic heterocycles. The molecule has 0 fully saturated rings. The third-order valence-electron chi connectivity index (χ3n) is 2.91. The Balaban J connectivity index is 2.77. The maximum Gasteiger partial charge on any atom is 0.308 e. The van der Waals surface area contributed by atoms with Gasteiger partial charge < -0.3 is 14.7 Å². The number of likely N-dealkylation sites (N-methyl/N-ethyl adjacent to an activating group) is 1. The fourth-order valence-corrected chi connectivity index (χ4v) is 1.79. The fourth-order valence-electron chi connectivity index (χ4n) is 1.79. The molecule has 0 radical (unpaired) electrons. The second-order valence-electron chi connectivity index (χ2n) is 4.48. The molecule has 0 aliphatic heterocycles. The van der Waals surface area contributed by atoms with Crippen molar-refractivity contribution in [3.63, 3.8) is 0 Å². The molecule has 1 rings (SSSR count). The van der Waals surface area contributed by atoms with Gasteiger partial charge in [-0.15, -0.1) is 0 Å². The fraction of sp³-hybridized carbons (Fsp3) is 0.429. The van der Waals surface area contributed by atoms with Crippen LogP contribution < -0.4 is 0 Å². The Morgan fingerprint density at radius 1 is 1.32 bits per heavy atom. The van der Waals surface area contributed by atoms with E-state index in [2.05, 4.69) is 0 Å². The highest BCUT2D eigenvalue weighted by Gasteiger charge is 2.25. The van der Waals surface area contributed by atoms with E-state index in [1.165, 1.54) is 12.0 Å². The Labute approximate surface area is 112 Å². The highest BCUT2D eigenvalue weighted by molar-refractivity contribution is 5.82. The predicted octanol–water partition coefficient (Wildman–Crippen LogP) is 1.55. The summed E-state index contributed by atoms with van der Waals surface area (Å²) in [5.41, 5.74) is 0.754. The molecule has 19 heavy (non-hydrogen) atoms.